The summed E-state index contributed by atoms with van der Waals surface area (Å²) in [5.41, 5.74) is 8.36. The van der Waals surface area contributed by atoms with E-state index in [2.05, 4.69) is 28.0 Å². The maximum atomic E-state index is 6.09. The molecule has 98 valence electrons. The fourth-order valence-electron chi connectivity index (χ4n) is 1.77. The van der Waals surface area contributed by atoms with E-state index in [1.54, 1.807) is 0 Å². The molecular weight excluding hydrogens is 282 g/mol. The summed E-state index contributed by atoms with van der Waals surface area (Å²) in [6.07, 6.45) is 2.65. The second kappa shape index (κ2) is 7.13. The molecule has 4 nitrogen and oxygen atoms in total. The largest absolute Gasteiger partial charge is 0.382 e. The summed E-state index contributed by atoms with van der Waals surface area (Å²) in [7, 11) is 1.97. The third-order valence-electron chi connectivity index (χ3n) is 2.80. The molecule has 1 atom stereocenters. The molecule has 0 aliphatic heterocycles. The molecule has 17 heavy (non-hydrogen) atoms. The lowest BCUT2D eigenvalue weighted by molar-refractivity contribution is 0.139. The van der Waals surface area contributed by atoms with Crippen LogP contribution in [0.25, 0.3) is 0 Å². The Morgan fingerprint density at radius 1 is 1.47 bits per heavy atom. The molecule has 0 amide bonds. The number of nitrogens with zero attached hydrogens (tertiary/aromatic N) is 2. The van der Waals surface area contributed by atoms with Crippen LogP contribution in [-0.4, -0.2) is 29.0 Å². The first kappa shape index (κ1) is 14.7. The summed E-state index contributed by atoms with van der Waals surface area (Å²) < 4.78 is 8.34. The average Bonchev–Trinajstić information content (AvgIpc) is 2.57. The van der Waals surface area contributed by atoms with Gasteiger partial charge in [-0.3, -0.25) is 4.68 Å². The highest BCUT2D eigenvalue weighted by atomic mass is 79.9. The normalized spacial score (nSPS) is 13.0. The molecule has 5 heteroatoms. The predicted molar refractivity (Wildman–Crippen MR) is 73.1 cm³/mol. The van der Waals surface area contributed by atoms with Crippen LogP contribution in [0.2, 0.25) is 0 Å². The highest BCUT2D eigenvalue weighted by Crippen LogP contribution is 2.22. The first-order chi connectivity index (χ1) is 8.10. The van der Waals surface area contributed by atoms with Crippen molar-refractivity contribution < 1.29 is 4.74 Å². The topological polar surface area (TPSA) is 53.1 Å². The van der Waals surface area contributed by atoms with Crippen LogP contribution in [0, 0.1) is 0 Å². The first-order valence-corrected chi connectivity index (χ1v) is 6.92. The van der Waals surface area contributed by atoms with Crippen LogP contribution in [0.15, 0.2) is 4.47 Å². The Balaban J connectivity index is 2.58. The van der Waals surface area contributed by atoms with Gasteiger partial charge >= 0.3 is 0 Å². The predicted octanol–water partition coefficient (Wildman–Crippen LogP) is 2.04. The Hall–Kier alpha value is -0.390. The van der Waals surface area contributed by atoms with Crippen molar-refractivity contribution in [2.45, 2.75) is 39.2 Å². The van der Waals surface area contributed by atoms with Gasteiger partial charge in [0.25, 0.3) is 0 Å². The number of aromatic nitrogens is 2. The lowest BCUT2D eigenvalue weighted by Crippen LogP contribution is -2.26. The molecule has 1 rings (SSSR count). The fraction of sp³-hybridized carbons (Fsp3) is 0.750. The summed E-state index contributed by atoms with van der Waals surface area (Å²) in [5, 5.41) is 4.46. The van der Waals surface area contributed by atoms with E-state index in [4.69, 9.17) is 10.5 Å². The number of nitrogens with two attached hydrogens (primary N) is 1. The van der Waals surface area contributed by atoms with Gasteiger partial charge in [-0.2, -0.15) is 5.10 Å². The lowest BCUT2D eigenvalue weighted by Gasteiger charge is -2.12. The van der Waals surface area contributed by atoms with Gasteiger partial charge in [0.15, 0.2) is 0 Å². The second-order valence-electron chi connectivity index (χ2n) is 4.13. The Morgan fingerprint density at radius 3 is 2.71 bits per heavy atom. The van der Waals surface area contributed by atoms with Crippen molar-refractivity contribution in [1.29, 1.82) is 0 Å². The van der Waals surface area contributed by atoms with Gasteiger partial charge in [-0.25, -0.2) is 0 Å². The maximum Gasteiger partial charge on any atom is 0.0766 e. The molecule has 0 saturated carbocycles. The third kappa shape index (κ3) is 4.08. The molecule has 1 heterocycles. The van der Waals surface area contributed by atoms with Crippen molar-refractivity contribution >= 4 is 15.9 Å². The van der Waals surface area contributed by atoms with Crippen LogP contribution >= 0.6 is 15.9 Å². The quantitative estimate of drug-likeness (QED) is 0.784. The van der Waals surface area contributed by atoms with E-state index in [1.165, 1.54) is 5.69 Å². The number of halogens is 1. The van der Waals surface area contributed by atoms with Crippen molar-refractivity contribution in [3.63, 3.8) is 0 Å². The molecule has 1 aromatic heterocycles. The minimum Gasteiger partial charge on any atom is -0.382 e. The van der Waals surface area contributed by atoms with E-state index in [-0.39, 0.29) is 6.04 Å². The van der Waals surface area contributed by atoms with Crippen LogP contribution in [-0.2, 0) is 24.6 Å². The Labute approximate surface area is 112 Å². The molecule has 0 aromatic carbocycles. The minimum atomic E-state index is 0.123. The molecular formula is C12H22BrN3O. The molecule has 0 aliphatic rings. The van der Waals surface area contributed by atoms with Gasteiger partial charge in [-0.1, -0.05) is 6.92 Å². The average molecular weight is 304 g/mol. The summed E-state index contributed by atoms with van der Waals surface area (Å²) in [5.74, 6) is 0. The van der Waals surface area contributed by atoms with Gasteiger partial charge in [0.2, 0.25) is 0 Å². The highest BCUT2D eigenvalue weighted by Gasteiger charge is 2.15. The number of aryl methyl sites for hydroxylation is 2. The third-order valence-corrected chi connectivity index (χ3v) is 3.71. The van der Waals surface area contributed by atoms with Crippen LogP contribution in [0.3, 0.4) is 0 Å². The van der Waals surface area contributed by atoms with Gasteiger partial charge in [0.1, 0.15) is 0 Å². The lowest BCUT2D eigenvalue weighted by atomic mass is 10.1. The molecule has 0 aliphatic carbocycles. The van der Waals surface area contributed by atoms with E-state index in [9.17, 15) is 0 Å². The van der Waals surface area contributed by atoms with Crippen LogP contribution in [0.1, 0.15) is 31.7 Å². The smallest absolute Gasteiger partial charge is 0.0766 e. The van der Waals surface area contributed by atoms with E-state index in [1.807, 2.05) is 18.7 Å². The Bertz CT molecular complexity index is 352. The van der Waals surface area contributed by atoms with Gasteiger partial charge < -0.3 is 10.5 Å². The molecule has 2 N–H and O–H groups in total. The molecule has 0 spiro atoms. The van der Waals surface area contributed by atoms with Crippen LogP contribution < -0.4 is 5.73 Å². The van der Waals surface area contributed by atoms with Crippen molar-refractivity contribution in [3.8, 4) is 0 Å². The minimum absolute atomic E-state index is 0.123. The number of hydrogen-bond acceptors (Lipinski definition) is 3. The Morgan fingerprint density at radius 2 is 2.18 bits per heavy atom. The maximum absolute atomic E-state index is 6.09. The molecule has 0 saturated heterocycles. The fourth-order valence-corrected chi connectivity index (χ4v) is 2.55. The van der Waals surface area contributed by atoms with E-state index in [0.29, 0.717) is 0 Å². The molecule has 1 aromatic rings. The number of rotatable bonds is 7. The summed E-state index contributed by atoms with van der Waals surface area (Å²) in [4.78, 5) is 0. The standard InChI is InChI=1S/C12H22BrN3O/c1-4-10-12(13)11(16(3)15-10)8-9(14)6-7-17-5-2/h9H,4-8,14H2,1-3H3. The van der Waals surface area contributed by atoms with Crippen molar-refractivity contribution in [1.82, 2.24) is 9.78 Å². The van der Waals surface area contributed by atoms with Gasteiger partial charge in [0.05, 0.1) is 15.9 Å². The first-order valence-electron chi connectivity index (χ1n) is 6.13. The van der Waals surface area contributed by atoms with Crippen molar-refractivity contribution in [3.05, 3.63) is 15.9 Å². The summed E-state index contributed by atoms with van der Waals surface area (Å²) in [6, 6.07) is 0.123. The summed E-state index contributed by atoms with van der Waals surface area (Å²) >= 11 is 3.60. The zero-order chi connectivity index (χ0) is 12.8. The summed E-state index contributed by atoms with van der Waals surface area (Å²) in [6.45, 7) is 5.58. The van der Waals surface area contributed by atoms with Gasteiger partial charge in [-0.15, -0.1) is 0 Å². The van der Waals surface area contributed by atoms with Gasteiger partial charge in [0, 0.05) is 32.7 Å². The van der Waals surface area contributed by atoms with E-state index >= 15 is 0 Å². The monoisotopic (exact) mass is 303 g/mol. The zero-order valence-corrected chi connectivity index (χ0v) is 12.5. The zero-order valence-electron chi connectivity index (χ0n) is 10.9. The highest BCUT2D eigenvalue weighted by molar-refractivity contribution is 9.10. The molecule has 0 radical (unpaired) electrons. The second-order valence-corrected chi connectivity index (χ2v) is 4.93. The van der Waals surface area contributed by atoms with Crippen LogP contribution in [0.5, 0.6) is 0 Å². The van der Waals surface area contributed by atoms with Crippen LogP contribution in [0.4, 0.5) is 0 Å². The number of hydrogen-bond donors (Lipinski definition) is 1. The van der Waals surface area contributed by atoms with Crippen molar-refractivity contribution in [2.24, 2.45) is 12.8 Å². The van der Waals surface area contributed by atoms with Crippen molar-refractivity contribution in [2.75, 3.05) is 13.2 Å². The van der Waals surface area contributed by atoms with E-state index < -0.39 is 0 Å². The number of ether oxygens (including phenoxy) is 1. The Kier molecular flexibility index (Phi) is 6.16. The van der Waals surface area contributed by atoms with E-state index in [0.717, 1.165) is 42.6 Å². The molecule has 0 fully saturated rings. The van der Waals surface area contributed by atoms with Gasteiger partial charge in [-0.05, 0) is 35.7 Å². The SMILES string of the molecule is CCOCCC(N)Cc1c(Br)c(CC)nn1C. The molecule has 1 unspecified atom stereocenters. The molecule has 0 bridgehead atoms.